The van der Waals surface area contributed by atoms with Crippen molar-refractivity contribution >= 4 is 0 Å². The normalized spacial score (nSPS) is 15.2. The maximum Gasteiger partial charge on any atom is 0.166 e. The molecule has 1 N–H and O–H groups in total. The maximum atomic E-state index is 14.1. The summed E-state index contributed by atoms with van der Waals surface area (Å²) in [5.74, 6) is -2.32. The largest absolute Gasteiger partial charge is 0.492 e. The van der Waals surface area contributed by atoms with Gasteiger partial charge in [-0.25, -0.2) is 13.2 Å². The number of halogens is 3. The van der Waals surface area contributed by atoms with Gasteiger partial charge in [-0.2, -0.15) is 0 Å². The van der Waals surface area contributed by atoms with Gasteiger partial charge in [0.1, 0.15) is 18.2 Å². The lowest BCUT2D eigenvalue weighted by Crippen LogP contribution is -2.26. The number of nitrogens with zero attached hydrogens (tertiary/aromatic N) is 1. The average molecular weight is 413 g/mol. The van der Waals surface area contributed by atoms with Crippen LogP contribution >= 0.6 is 0 Å². The number of ether oxygens (including phenoxy) is 1. The van der Waals surface area contributed by atoms with Gasteiger partial charge in [-0.3, -0.25) is 4.90 Å². The summed E-state index contributed by atoms with van der Waals surface area (Å²) in [6, 6.07) is 16.9. The molecule has 0 aromatic heterocycles. The number of fused-ring (bicyclic) bond motifs is 1. The lowest BCUT2D eigenvalue weighted by atomic mass is 9.99. The predicted octanol–water partition coefficient (Wildman–Crippen LogP) is 4.77. The number of benzene rings is 3. The molecule has 0 radical (unpaired) electrons. The summed E-state index contributed by atoms with van der Waals surface area (Å²) in [7, 11) is 0. The quantitative estimate of drug-likeness (QED) is 0.612. The molecule has 3 aromatic carbocycles. The second kappa shape index (κ2) is 8.90. The summed E-state index contributed by atoms with van der Waals surface area (Å²) in [4.78, 5) is 1.81. The van der Waals surface area contributed by atoms with E-state index < -0.39 is 23.6 Å². The Morgan fingerprint density at radius 3 is 2.53 bits per heavy atom. The third kappa shape index (κ3) is 4.50. The fourth-order valence-corrected chi connectivity index (χ4v) is 3.70. The molecule has 0 amide bonds. The third-order valence-corrected chi connectivity index (χ3v) is 5.32. The lowest BCUT2D eigenvalue weighted by Gasteiger charge is -2.20. The molecule has 30 heavy (non-hydrogen) atoms. The first kappa shape index (κ1) is 20.4. The van der Waals surface area contributed by atoms with E-state index in [-0.39, 0.29) is 12.1 Å². The van der Waals surface area contributed by atoms with E-state index >= 15 is 0 Å². The Labute approximate surface area is 173 Å². The SMILES string of the molecule is OC(Cc1ccccc1)c1ccc2c(c1)CN(Cc1c(F)ccc(F)c1F)CCO2. The van der Waals surface area contributed by atoms with Gasteiger partial charge in [0.25, 0.3) is 0 Å². The average Bonchev–Trinajstić information content (AvgIpc) is 2.95. The van der Waals surface area contributed by atoms with E-state index in [0.29, 0.717) is 31.9 Å². The Morgan fingerprint density at radius 2 is 1.73 bits per heavy atom. The van der Waals surface area contributed by atoms with Crippen molar-refractivity contribution in [2.75, 3.05) is 13.2 Å². The van der Waals surface area contributed by atoms with E-state index in [9.17, 15) is 18.3 Å². The van der Waals surface area contributed by atoms with Gasteiger partial charge in [0, 0.05) is 37.2 Å². The highest BCUT2D eigenvalue weighted by Gasteiger charge is 2.21. The second-order valence-corrected chi connectivity index (χ2v) is 7.45. The minimum absolute atomic E-state index is 0.0744. The van der Waals surface area contributed by atoms with Crippen LogP contribution in [-0.2, 0) is 19.5 Å². The fourth-order valence-electron chi connectivity index (χ4n) is 3.70. The fraction of sp³-hybridized carbons (Fsp3) is 0.250. The first-order chi connectivity index (χ1) is 14.5. The van der Waals surface area contributed by atoms with Gasteiger partial charge in [0.05, 0.1) is 6.10 Å². The van der Waals surface area contributed by atoms with E-state index in [0.717, 1.165) is 28.8 Å². The first-order valence-electron chi connectivity index (χ1n) is 9.83. The molecule has 1 unspecified atom stereocenters. The second-order valence-electron chi connectivity index (χ2n) is 7.45. The summed E-state index contributed by atoms with van der Waals surface area (Å²) in [5, 5.41) is 10.7. The molecule has 3 nitrogen and oxygen atoms in total. The number of hydrogen-bond acceptors (Lipinski definition) is 3. The van der Waals surface area contributed by atoms with E-state index in [1.165, 1.54) is 0 Å². The molecule has 0 saturated carbocycles. The third-order valence-electron chi connectivity index (χ3n) is 5.32. The van der Waals surface area contributed by atoms with Crippen LogP contribution in [0.1, 0.15) is 28.4 Å². The van der Waals surface area contributed by atoms with Gasteiger partial charge in [0.15, 0.2) is 11.6 Å². The molecule has 0 spiro atoms. The van der Waals surface area contributed by atoms with Crippen molar-refractivity contribution in [1.82, 2.24) is 4.90 Å². The molecule has 6 heteroatoms. The standard InChI is InChI=1S/C24H22F3NO2/c25-20-7-8-21(26)24(27)19(20)15-28-10-11-30-23-9-6-17(13-18(23)14-28)22(29)12-16-4-2-1-3-5-16/h1-9,13,22,29H,10-12,14-15H2. The van der Waals surface area contributed by atoms with Gasteiger partial charge in [0.2, 0.25) is 0 Å². The zero-order valence-corrected chi connectivity index (χ0v) is 16.3. The van der Waals surface area contributed by atoms with E-state index in [2.05, 4.69) is 0 Å². The zero-order chi connectivity index (χ0) is 21.1. The Kier molecular flexibility index (Phi) is 6.06. The monoisotopic (exact) mass is 413 g/mol. The van der Waals surface area contributed by atoms with E-state index in [1.807, 2.05) is 48.5 Å². The molecule has 0 saturated heterocycles. The highest BCUT2D eigenvalue weighted by Crippen LogP contribution is 2.29. The van der Waals surface area contributed by atoms with Gasteiger partial charge in [-0.05, 0) is 35.4 Å². The van der Waals surface area contributed by atoms with Crippen LogP contribution in [0.3, 0.4) is 0 Å². The van der Waals surface area contributed by atoms with Gasteiger partial charge in [-0.15, -0.1) is 0 Å². The van der Waals surface area contributed by atoms with Gasteiger partial charge < -0.3 is 9.84 Å². The highest BCUT2D eigenvalue weighted by atomic mass is 19.2. The Hall–Kier alpha value is -2.83. The van der Waals surface area contributed by atoms with Crippen molar-refractivity contribution in [1.29, 1.82) is 0 Å². The van der Waals surface area contributed by atoms with Crippen molar-refractivity contribution in [3.8, 4) is 5.75 Å². The number of aliphatic hydroxyl groups is 1. The smallest absolute Gasteiger partial charge is 0.166 e. The molecule has 0 fully saturated rings. The minimum atomic E-state index is -1.16. The van der Waals surface area contributed by atoms with Crippen LogP contribution in [-0.4, -0.2) is 23.2 Å². The molecule has 4 rings (SSSR count). The molecule has 156 valence electrons. The minimum Gasteiger partial charge on any atom is -0.492 e. The topological polar surface area (TPSA) is 32.7 Å². The lowest BCUT2D eigenvalue weighted by molar-refractivity contribution is 0.178. The molecule has 3 aromatic rings. The van der Waals surface area contributed by atoms with Crippen LogP contribution < -0.4 is 4.74 Å². The zero-order valence-electron chi connectivity index (χ0n) is 16.3. The maximum absolute atomic E-state index is 14.1. The summed E-state index contributed by atoms with van der Waals surface area (Å²) in [6.45, 7) is 1.08. The van der Waals surface area contributed by atoms with E-state index in [1.54, 1.807) is 4.90 Å². The molecule has 1 heterocycles. The van der Waals surface area contributed by atoms with Crippen molar-refractivity contribution in [2.24, 2.45) is 0 Å². The Balaban J connectivity index is 1.54. The molecule has 1 atom stereocenters. The summed E-state index contributed by atoms with van der Waals surface area (Å²) >= 11 is 0. The van der Waals surface area contributed by atoms with Crippen LogP contribution in [0, 0.1) is 17.5 Å². The van der Waals surface area contributed by atoms with Gasteiger partial charge >= 0.3 is 0 Å². The molecule has 0 aliphatic carbocycles. The van der Waals surface area contributed by atoms with Crippen LogP contribution in [0.5, 0.6) is 5.75 Å². The summed E-state index contributed by atoms with van der Waals surface area (Å²) in [5.41, 5.74) is 2.29. The van der Waals surface area contributed by atoms with Crippen LogP contribution in [0.15, 0.2) is 60.7 Å². The molecule has 1 aliphatic rings. The van der Waals surface area contributed by atoms with Crippen molar-refractivity contribution in [3.05, 3.63) is 100 Å². The van der Waals surface area contributed by atoms with Crippen molar-refractivity contribution in [3.63, 3.8) is 0 Å². The number of hydrogen-bond donors (Lipinski definition) is 1. The van der Waals surface area contributed by atoms with Crippen LogP contribution in [0.4, 0.5) is 13.2 Å². The van der Waals surface area contributed by atoms with Crippen molar-refractivity contribution in [2.45, 2.75) is 25.6 Å². The van der Waals surface area contributed by atoms with Gasteiger partial charge in [-0.1, -0.05) is 36.4 Å². The molecule has 1 aliphatic heterocycles. The van der Waals surface area contributed by atoms with E-state index in [4.69, 9.17) is 4.74 Å². The Morgan fingerprint density at radius 1 is 0.967 bits per heavy atom. The highest BCUT2D eigenvalue weighted by molar-refractivity contribution is 5.39. The molecular formula is C24H22F3NO2. The molecule has 0 bridgehead atoms. The Bertz CT molecular complexity index is 1030. The first-order valence-corrected chi connectivity index (χ1v) is 9.83. The molecular weight excluding hydrogens is 391 g/mol. The number of aliphatic hydroxyl groups excluding tert-OH is 1. The van der Waals surface area contributed by atoms with Crippen LogP contribution in [0.25, 0.3) is 0 Å². The van der Waals surface area contributed by atoms with Crippen molar-refractivity contribution < 1.29 is 23.0 Å². The summed E-state index contributed by atoms with van der Waals surface area (Å²) in [6.07, 6.45) is -0.211. The predicted molar refractivity (Wildman–Crippen MR) is 107 cm³/mol. The number of rotatable bonds is 5. The van der Waals surface area contributed by atoms with Crippen LogP contribution in [0.2, 0.25) is 0 Å². The summed E-state index contributed by atoms with van der Waals surface area (Å²) < 4.78 is 47.5.